The van der Waals surface area contributed by atoms with Crippen LogP contribution in [0.2, 0.25) is 0 Å². The Hall–Kier alpha value is -2.84. The third-order valence-electron chi connectivity index (χ3n) is 5.42. The molecule has 2 aliphatic rings. The number of hydrogen-bond donors (Lipinski definition) is 1. The Kier molecular flexibility index (Phi) is 4.67. The molecule has 4 rings (SSSR count). The molecular formula is C19H16F3N3O4S. The molecule has 30 heavy (non-hydrogen) atoms. The maximum absolute atomic E-state index is 13.0. The number of aromatic nitrogens is 1. The van der Waals surface area contributed by atoms with Crippen LogP contribution >= 0.6 is 0 Å². The van der Waals surface area contributed by atoms with Crippen molar-refractivity contribution in [1.29, 1.82) is 5.26 Å². The number of nitrogens with zero attached hydrogens (tertiary/aromatic N) is 3. The van der Waals surface area contributed by atoms with Gasteiger partial charge in [0.25, 0.3) is 0 Å². The minimum atomic E-state index is -4.59. The van der Waals surface area contributed by atoms with Crippen LogP contribution in [0.4, 0.5) is 13.2 Å². The van der Waals surface area contributed by atoms with Crippen molar-refractivity contribution in [3.8, 4) is 6.07 Å². The maximum Gasteiger partial charge on any atom is 0.416 e. The summed E-state index contributed by atoms with van der Waals surface area (Å²) in [7, 11) is -4.15. The molecule has 1 aliphatic carbocycles. The molecule has 1 saturated carbocycles. The zero-order valence-corrected chi connectivity index (χ0v) is 16.3. The number of fused-ring (bicyclic) bond motifs is 1. The molecule has 0 atom stereocenters. The predicted octanol–water partition coefficient (Wildman–Crippen LogP) is 3.16. The second-order valence-electron chi connectivity index (χ2n) is 7.29. The summed E-state index contributed by atoms with van der Waals surface area (Å²) in [5.74, 6) is -1.22. The molecule has 2 heterocycles. The van der Waals surface area contributed by atoms with E-state index >= 15 is 0 Å². The molecule has 1 aromatic carbocycles. The van der Waals surface area contributed by atoms with Crippen LogP contribution in [-0.4, -0.2) is 34.9 Å². The molecule has 0 spiro atoms. The number of halogens is 3. The van der Waals surface area contributed by atoms with E-state index in [2.05, 4.69) is 0 Å². The number of aromatic carboxylic acids is 1. The molecule has 1 N–H and O–H groups in total. The largest absolute Gasteiger partial charge is 0.478 e. The second kappa shape index (κ2) is 6.85. The lowest BCUT2D eigenvalue weighted by Gasteiger charge is -2.29. The maximum atomic E-state index is 13.0. The van der Waals surface area contributed by atoms with E-state index in [1.165, 1.54) is 0 Å². The highest BCUT2D eigenvalue weighted by Gasteiger charge is 2.40. The summed E-state index contributed by atoms with van der Waals surface area (Å²) < 4.78 is 67.0. The summed E-state index contributed by atoms with van der Waals surface area (Å²) in [5.41, 5.74) is -0.241. The average molecular weight is 439 g/mol. The highest BCUT2D eigenvalue weighted by molar-refractivity contribution is 7.89. The molecule has 0 radical (unpaired) electrons. The van der Waals surface area contributed by atoms with Gasteiger partial charge in [0, 0.05) is 30.4 Å². The number of sulfonamides is 1. The summed E-state index contributed by atoms with van der Waals surface area (Å²) in [6.07, 6.45) is -2.91. The van der Waals surface area contributed by atoms with Gasteiger partial charge in [0.15, 0.2) is 0 Å². The topological polar surface area (TPSA) is 103 Å². The number of hydrogen-bond acceptors (Lipinski definition) is 4. The minimum Gasteiger partial charge on any atom is -0.478 e. The molecule has 1 aliphatic heterocycles. The van der Waals surface area contributed by atoms with Gasteiger partial charge >= 0.3 is 12.1 Å². The number of carbonyl (C=O) groups is 1. The monoisotopic (exact) mass is 439 g/mol. The Bertz CT molecular complexity index is 1170. The van der Waals surface area contributed by atoms with E-state index < -0.39 is 27.7 Å². The lowest BCUT2D eigenvalue weighted by molar-refractivity contribution is -0.137. The summed E-state index contributed by atoms with van der Waals surface area (Å²) in [5, 5.41) is 19.2. The fraction of sp³-hybridized carbons (Fsp3) is 0.368. The zero-order chi connectivity index (χ0) is 21.8. The molecule has 0 bridgehead atoms. The summed E-state index contributed by atoms with van der Waals surface area (Å²) in [4.78, 5) is 11.5. The van der Waals surface area contributed by atoms with E-state index in [-0.39, 0.29) is 47.3 Å². The Morgan fingerprint density at radius 1 is 1.17 bits per heavy atom. The van der Waals surface area contributed by atoms with Gasteiger partial charge in [-0.05, 0) is 37.1 Å². The van der Waals surface area contributed by atoms with Gasteiger partial charge in [-0.15, -0.1) is 0 Å². The first-order chi connectivity index (χ1) is 14.1. The van der Waals surface area contributed by atoms with E-state index in [9.17, 15) is 36.8 Å². The third kappa shape index (κ3) is 3.26. The van der Waals surface area contributed by atoms with Gasteiger partial charge < -0.3 is 9.67 Å². The van der Waals surface area contributed by atoms with Crippen LogP contribution in [0, 0.1) is 11.3 Å². The van der Waals surface area contributed by atoms with E-state index in [0.29, 0.717) is 17.8 Å². The number of carboxylic acids is 1. The Morgan fingerprint density at radius 2 is 1.80 bits per heavy atom. The lowest BCUT2D eigenvalue weighted by Crippen LogP contribution is -2.39. The van der Waals surface area contributed by atoms with Crippen molar-refractivity contribution in [2.45, 2.75) is 42.9 Å². The van der Waals surface area contributed by atoms with Crippen LogP contribution in [-0.2, 0) is 29.3 Å². The Morgan fingerprint density at radius 3 is 2.30 bits per heavy atom. The molecule has 2 aromatic rings. The molecular weight excluding hydrogens is 423 g/mol. The number of rotatable bonds is 4. The summed E-state index contributed by atoms with van der Waals surface area (Å²) >= 11 is 0. The van der Waals surface area contributed by atoms with Crippen LogP contribution in [0.5, 0.6) is 0 Å². The van der Waals surface area contributed by atoms with Crippen LogP contribution < -0.4 is 0 Å². The first-order valence-corrected chi connectivity index (χ1v) is 10.6. The molecule has 0 unspecified atom stereocenters. The van der Waals surface area contributed by atoms with E-state index in [0.717, 1.165) is 29.3 Å². The van der Waals surface area contributed by atoms with Gasteiger partial charge in [-0.3, -0.25) is 0 Å². The first-order valence-electron chi connectivity index (χ1n) is 9.11. The fourth-order valence-electron chi connectivity index (χ4n) is 3.86. The van der Waals surface area contributed by atoms with Crippen molar-refractivity contribution in [1.82, 2.24) is 8.87 Å². The van der Waals surface area contributed by atoms with E-state index in [1.54, 1.807) is 4.57 Å². The van der Waals surface area contributed by atoms with Crippen molar-refractivity contribution in [3.63, 3.8) is 0 Å². The van der Waals surface area contributed by atoms with Gasteiger partial charge in [-0.2, -0.15) is 22.7 Å². The van der Waals surface area contributed by atoms with Crippen molar-refractivity contribution >= 4 is 16.0 Å². The molecule has 0 saturated heterocycles. The summed E-state index contributed by atoms with van der Waals surface area (Å²) in [6.45, 7) is -0.0793. The minimum absolute atomic E-state index is 0.0225. The Balaban J connectivity index is 1.72. The average Bonchev–Trinajstić information content (AvgIpc) is 3.47. The standard InChI is InChI=1S/C19H16F3N3O4S/c20-19(21,22)12-3-5-13(6-4-12)30(28,29)24-7-8-25-15(10-24)16(18(26)27)14(9-23)17(25)11-1-2-11/h3-6,11H,1-2,7-8,10H2,(H,26,27). The zero-order valence-electron chi connectivity index (χ0n) is 15.5. The molecule has 1 aromatic heterocycles. The number of benzene rings is 1. The van der Waals surface area contributed by atoms with Crippen molar-refractivity contribution in [2.75, 3.05) is 6.54 Å². The van der Waals surface area contributed by atoms with E-state index in [4.69, 9.17) is 0 Å². The van der Waals surface area contributed by atoms with Crippen LogP contribution in [0.25, 0.3) is 0 Å². The predicted molar refractivity (Wildman–Crippen MR) is 97.1 cm³/mol. The number of carboxylic acid groups (broad SMARTS) is 1. The molecule has 1 fully saturated rings. The number of alkyl halides is 3. The second-order valence-corrected chi connectivity index (χ2v) is 9.22. The van der Waals surface area contributed by atoms with Gasteiger partial charge in [0.1, 0.15) is 6.07 Å². The highest BCUT2D eigenvalue weighted by atomic mass is 32.2. The molecule has 11 heteroatoms. The van der Waals surface area contributed by atoms with Crippen molar-refractivity contribution in [3.05, 3.63) is 52.3 Å². The lowest BCUT2D eigenvalue weighted by atomic mass is 10.1. The van der Waals surface area contributed by atoms with Gasteiger partial charge in [-0.1, -0.05) is 0 Å². The van der Waals surface area contributed by atoms with Crippen molar-refractivity contribution < 1.29 is 31.5 Å². The smallest absolute Gasteiger partial charge is 0.416 e. The van der Waals surface area contributed by atoms with Crippen molar-refractivity contribution in [2.24, 2.45) is 0 Å². The third-order valence-corrected chi connectivity index (χ3v) is 7.28. The molecule has 158 valence electrons. The normalized spacial score (nSPS) is 17.4. The van der Waals surface area contributed by atoms with Crippen LogP contribution in [0.15, 0.2) is 29.2 Å². The quantitative estimate of drug-likeness (QED) is 0.788. The molecule has 7 nitrogen and oxygen atoms in total. The Labute approximate surface area is 170 Å². The SMILES string of the molecule is N#Cc1c(C(=O)O)c2n(c1C1CC1)CCN(S(=O)(=O)c1ccc(C(F)(F)F)cc1)C2. The molecule has 0 amide bonds. The van der Waals surface area contributed by atoms with Crippen LogP contribution in [0.3, 0.4) is 0 Å². The number of nitriles is 1. The summed E-state index contributed by atoms with van der Waals surface area (Å²) in [6, 6.07) is 5.12. The van der Waals surface area contributed by atoms with Crippen LogP contribution in [0.1, 0.15) is 51.6 Å². The van der Waals surface area contributed by atoms with Gasteiger partial charge in [-0.25, -0.2) is 13.2 Å². The van der Waals surface area contributed by atoms with E-state index in [1.807, 2.05) is 6.07 Å². The highest BCUT2D eigenvalue weighted by Crippen LogP contribution is 2.45. The fourth-order valence-corrected chi connectivity index (χ4v) is 5.25. The first kappa shape index (κ1) is 20.4. The van der Waals surface area contributed by atoms with Gasteiger partial charge in [0.05, 0.1) is 28.1 Å². The van der Waals surface area contributed by atoms with Gasteiger partial charge in [0.2, 0.25) is 10.0 Å².